The van der Waals surface area contributed by atoms with Crippen molar-refractivity contribution >= 4 is 60.3 Å². The summed E-state index contributed by atoms with van der Waals surface area (Å²) in [5, 5.41) is 1.18. The zero-order valence-corrected chi connectivity index (χ0v) is 18.3. The van der Waals surface area contributed by atoms with Gasteiger partial charge in [-0.05, 0) is 43.4 Å². The molecule has 148 valence electrons. The van der Waals surface area contributed by atoms with Gasteiger partial charge in [0.2, 0.25) is 0 Å². The number of halogens is 1. The summed E-state index contributed by atoms with van der Waals surface area (Å²) in [6.07, 6.45) is 6.30. The van der Waals surface area contributed by atoms with Crippen molar-refractivity contribution in [2.24, 2.45) is 0 Å². The summed E-state index contributed by atoms with van der Waals surface area (Å²) in [7, 11) is -3.48. The van der Waals surface area contributed by atoms with Crippen LogP contribution >= 0.6 is 34.3 Å². The SMILES string of the molecule is O=S(=O)(c1ccc(Cl)s1)N1CCN(c2ncnc3sc4c(c23)CCCC4)CC1. The Morgan fingerprint density at radius 3 is 2.54 bits per heavy atom. The van der Waals surface area contributed by atoms with Crippen molar-refractivity contribution in [3.8, 4) is 0 Å². The zero-order valence-electron chi connectivity index (χ0n) is 15.1. The van der Waals surface area contributed by atoms with E-state index in [2.05, 4.69) is 14.9 Å². The van der Waals surface area contributed by atoms with Crippen molar-refractivity contribution in [2.75, 3.05) is 31.1 Å². The molecule has 1 saturated heterocycles. The summed E-state index contributed by atoms with van der Waals surface area (Å²) in [6, 6.07) is 3.22. The van der Waals surface area contributed by atoms with E-state index in [0.717, 1.165) is 34.8 Å². The highest BCUT2D eigenvalue weighted by molar-refractivity contribution is 7.91. The second kappa shape index (κ2) is 7.21. The van der Waals surface area contributed by atoms with Gasteiger partial charge in [-0.15, -0.1) is 22.7 Å². The first-order valence-electron chi connectivity index (χ1n) is 9.30. The normalized spacial score (nSPS) is 18.5. The summed E-state index contributed by atoms with van der Waals surface area (Å²) < 4.78 is 28.0. The lowest BCUT2D eigenvalue weighted by Crippen LogP contribution is -2.48. The fourth-order valence-corrected chi connectivity index (χ4v) is 8.30. The van der Waals surface area contributed by atoms with E-state index < -0.39 is 10.0 Å². The average Bonchev–Trinajstić information content (AvgIpc) is 3.32. The van der Waals surface area contributed by atoms with Gasteiger partial charge in [-0.2, -0.15) is 4.31 Å². The first-order chi connectivity index (χ1) is 13.5. The third-order valence-electron chi connectivity index (χ3n) is 5.41. The lowest BCUT2D eigenvalue weighted by atomic mass is 9.97. The molecule has 0 unspecified atom stereocenters. The molecular formula is C18H19ClN4O2S3. The van der Waals surface area contributed by atoms with Gasteiger partial charge >= 0.3 is 0 Å². The largest absolute Gasteiger partial charge is 0.353 e. The number of rotatable bonds is 3. The van der Waals surface area contributed by atoms with Gasteiger partial charge in [-0.1, -0.05) is 11.6 Å². The Bertz CT molecular complexity index is 1130. The molecule has 0 bridgehead atoms. The second-order valence-electron chi connectivity index (χ2n) is 7.04. The molecule has 4 heterocycles. The third kappa shape index (κ3) is 3.13. The number of aryl methyl sites for hydroxylation is 2. The number of hydrogen-bond acceptors (Lipinski definition) is 7. The van der Waals surface area contributed by atoms with Gasteiger partial charge in [0.05, 0.1) is 9.72 Å². The fraction of sp³-hybridized carbons (Fsp3) is 0.444. The molecule has 3 aromatic rings. The Morgan fingerprint density at radius 2 is 1.79 bits per heavy atom. The Labute approximate surface area is 176 Å². The summed E-state index contributed by atoms with van der Waals surface area (Å²) in [4.78, 5) is 13.8. The summed E-state index contributed by atoms with van der Waals surface area (Å²) in [6.45, 7) is 2.12. The molecule has 0 amide bonds. The molecule has 0 spiro atoms. The molecule has 0 aromatic carbocycles. The molecule has 0 N–H and O–H groups in total. The van der Waals surface area contributed by atoms with Gasteiger partial charge in [0, 0.05) is 31.1 Å². The maximum absolute atomic E-state index is 12.8. The van der Waals surface area contributed by atoms with Crippen LogP contribution in [0, 0.1) is 0 Å². The number of piperazine rings is 1. The molecule has 1 fully saturated rings. The zero-order chi connectivity index (χ0) is 19.3. The average molecular weight is 455 g/mol. The Kier molecular flexibility index (Phi) is 4.83. The topological polar surface area (TPSA) is 66.4 Å². The lowest BCUT2D eigenvalue weighted by Gasteiger charge is -2.34. The highest BCUT2D eigenvalue weighted by atomic mass is 35.5. The van der Waals surface area contributed by atoms with Crippen molar-refractivity contribution in [2.45, 2.75) is 29.9 Å². The predicted molar refractivity (Wildman–Crippen MR) is 114 cm³/mol. The molecule has 10 heteroatoms. The fourth-order valence-electron chi connectivity index (χ4n) is 4.02. The minimum atomic E-state index is -3.48. The van der Waals surface area contributed by atoms with E-state index in [1.165, 1.54) is 28.7 Å². The van der Waals surface area contributed by atoms with Crippen molar-refractivity contribution in [3.63, 3.8) is 0 Å². The number of nitrogens with zero attached hydrogens (tertiary/aromatic N) is 4. The van der Waals surface area contributed by atoms with E-state index in [9.17, 15) is 8.42 Å². The van der Waals surface area contributed by atoms with Gasteiger partial charge < -0.3 is 4.90 Å². The number of thiophene rings is 2. The molecule has 5 rings (SSSR count). The van der Waals surface area contributed by atoms with Crippen molar-refractivity contribution in [1.29, 1.82) is 0 Å². The first-order valence-corrected chi connectivity index (χ1v) is 12.7. The third-order valence-corrected chi connectivity index (χ3v) is 10.2. The van der Waals surface area contributed by atoms with Crippen LogP contribution in [0.25, 0.3) is 10.2 Å². The van der Waals surface area contributed by atoms with E-state index in [1.54, 1.807) is 34.1 Å². The summed E-state index contributed by atoms with van der Waals surface area (Å²) in [5.41, 5.74) is 1.41. The van der Waals surface area contributed by atoms with E-state index in [-0.39, 0.29) is 0 Å². The molecule has 3 aromatic heterocycles. The van der Waals surface area contributed by atoms with Crippen LogP contribution in [0.2, 0.25) is 4.34 Å². The summed E-state index contributed by atoms with van der Waals surface area (Å²) >= 11 is 8.82. The Balaban J connectivity index is 1.41. The van der Waals surface area contributed by atoms with E-state index in [4.69, 9.17) is 11.6 Å². The lowest BCUT2D eigenvalue weighted by molar-refractivity contribution is 0.385. The maximum atomic E-state index is 12.8. The predicted octanol–water partition coefficient (Wildman–Crippen LogP) is 3.80. The van der Waals surface area contributed by atoms with E-state index >= 15 is 0 Å². The number of sulfonamides is 1. The molecule has 0 atom stereocenters. The molecule has 0 radical (unpaired) electrons. The van der Waals surface area contributed by atoms with Crippen LogP contribution in [0.3, 0.4) is 0 Å². The number of anilines is 1. The van der Waals surface area contributed by atoms with Crippen molar-refractivity contribution < 1.29 is 8.42 Å². The standard InChI is InChI=1S/C18H19ClN4O2S3/c19-14-5-6-15(27-14)28(24,25)23-9-7-22(8-10-23)17-16-12-3-1-2-4-13(12)26-18(16)21-11-20-17/h5-6,11H,1-4,7-10H2. The smallest absolute Gasteiger partial charge is 0.252 e. The van der Waals surface area contributed by atoms with Crippen LogP contribution in [0.4, 0.5) is 5.82 Å². The minimum Gasteiger partial charge on any atom is -0.353 e. The van der Waals surface area contributed by atoms with Crippen LogP contribution in [0.5, 0.6) is 0 Å². The molecule has 0 saturated carbocycles. The van der Waals surface area contributed by atoms with Gasteiger partial charge in [-0.25, -0.2) is 18.4 Å². The van der Waals surface area contributed by atoms with E-state index in [1.807, 2.05) is 0 Å². The number of fused-ring (bicyclic) bond motifs is 3. The first kappa shape index (κ1) is 18.7. The molecular weight excluding hydrogens is 436 g/mol. The van der Waals surface area contributed by atoms with Gasteiger partial charge in [0.1, 0.15) is 21.2 Å². The van der Waals surface area contributed by atoms with Crippen LogP contribution in [0.1, 0.15) is 23.3 Å². The number of hydrogen-bond donors (Lipinski definition) is 0. The van der Waals surface area contributed by atoms with Crippen molar-refractivity contribution in [3.05, 3.63) is 33.2 Å². The van der Waals surface area contributed by atoms with Crippen LogP contribution in [0.15, 0.2) is 22.7 Å². The molecule has 1 aliphatic carbocycles. The molecule has 1 aliphatic heterocycles. The van der Waals surface area contributed by atoms with Crippen LogP contribution < -0.4 is 4.90 Å². The highest BCUT2D eigenvalue weighted by Gasteiger charge is 2.31. The van der Waals surface area contributed by atoms with Crippen LogP contribution in [-0.2, 0) is 22.9 Å². The monoisotopic (exact) mass is 454 g/mol. The summed E-state index contributed by atoms with van der Waals surface area (Å²) in [5.74, 6) is 0.959. The molecule has 2 aliphatic rings. The van der Waals surface area contributed by atoms with Gasteiger partial charge in [-0.3, -0.25) is 0 Å². The highest BCUT2D eigenvalue weighted by Crippen LogP contribution is 2.39. The van der Waals surface area contributed by atoms with Crippen LogP contribution in [-0.4, -0.2) is 48.9 Å². The second-order valence-corrected chi connectivity index (χ2v) is 12.0. The quantitative estimate of drug-likeness (QED) is 0.602. The Hall–Kier alpha value is -1.26. The molecule has 28 heavy (non-hydrogen) atoms. The maximum Gasteiger partial charge on any atom is 0.252 e. The minimum absolute atomic E-state index is 0.308. The number of aromatic nitrogens is 2. The van der Waals surface area contributed by atoms with Gasteiger partial charge in [0.15, 0.2) is 0 Å². The van der Waals surface area contributed by atoms with Crippen molar-refractivity contribution in [1.82, 2.24) is 14.3 Å². The molecule has 6 nitrogen and oxygen atoms in total. The van der Waals surface area contributed by atoms with E-state index in [0.29, 0.717) is 34.7 Å². The van der Waals surface area contributed by atoms with Gasteiger partial charge in [0.25, 0.3) is 10.0 Å². The Morgan fingerprint density at radius 1 is 1.00 bits per heavy atom.